The Hall–Kier alpha value is -2.28. The van der Waals surface area contributed by atoms with E-state index in [1.165, 1.54) is 18.3 Å². The fraction of sp³-hybridized carbons (Fsp3) is 0.231. The first-order valence-corrected chi connectivity index (χ1v) is 6.80. The van der Waals surface area contributed by atoms with Crippen LogP contribution in [0, 0.1) is 6.92 Å². The van der Waals surface area contributed by atoms with Crippen molar-refractivity contribution >= 4 is 28.3 Å². The zero-order chi connectivity index (χ0) is 14.5. The molecule has 0 saturated heterocycles. The Morgan fingerprint density at radius 1 is 1.30 bits per heavy atom. The van der Waals surface area contributed by atoms with Gasteiger partial charge in [0.1, 0.15) is 0 Å². The lowest BCUT2D eigenvalue weighted by Gasteiger charge is -2.01. The number of carbonyl (C=O) groups excluding carboxylic acids is 2. The second kappa shape index (κ2) is 6.25. The molecule has 2 amide bonds. The molecule has 0 aliphatic rings. The van der Waals surface area contributed by atoms with Gasteiger partial charge in [0.15, 0.2) is 5.13 Å². The Bertz CT molecular complexity index is 625. The van der Waals surface area contributed by atoms with Crippen molar-refractivity contribution in [2.45, 2.75) is 13.8 Å². The standard InChI is InChI=1S/C13H14N4O2S/c1-8-12(10-3-5-14-6-4-10)20-13(16-8)17-11(19)7-15-9(2)18/h3-6H,7H2,1-2H3,(H,15,18)(H,16,17,19). The van der Waals surface area contributed by atoms with E-state index in [4.69, 9.17) is 0 Å². The molecule has 0 radical (unpaired) electrons. The average molecular weight is 290 g/mol. The van der Waals surface area contributed by atoms with Crippen molar-refractivity contribution in [3.05, 3.63) is 30.2 Å². The van der Waals surface area contributed by atoms with Gasteiger partial charge in [0.2, 0.25) is 11.8 Å². The molecule has 6 nitrogen and oxygen atoms in total. The normalized spacial score (nSPS) is 10.1. The molecule has 0 aliphatic carbocycles. The van der Waals surface area contributed by atoms with Crippen molar-refractivity contribution < 1.29 is 9.59 Å². The molecule has 0 aromatic carbocycles. The van der Waals surface area contributed by atoms with Crippen molar-refractivity contribution in [3.8, 4) is 10.4 Å². The summed E-state index contributed by atoms with van der Waals surface area (Å²) in [5, 5.41) is 5.62. The molecule has 2 aromatic rings. The van der Waals surface area contributed by atoms with Crippen molar-refractivity contribution in [2.24, 2.45) is 0 Å². The molecule has 104 valence electrons. The van der Waals surface area contributed by atoms with Crippen LogP contribution in [0.15, 0.2) is 24.5 Å². The number of thiazole rings is 1. The number of rotatable bonds is 4. The Morgan fingerprint density at radius 3 is 2.65 bits per heavy atom. The number of hydrogen-bond donors (Lipinski definition) is 2. The quantitative estimate of drug-likeness (QED) is 0.895. The molecular formula is C13H14N4O2S. The summed E-state index contributed by atoms with van der Waals surface area (Å²) < 4.78 is 0. The second-order valence-electron chi connectivity index (χ2n) is 4.13. The molecule has 2 heterocycles. The van der Waals surface area contributed by atoms with E-state index in [0.717, 1.165) is 16.1 Å². The Labute approximate surface area is 120 Å². The lowest BCUT2D eigenvalue weighted by Crippen LogP contribution is -2.31. The number of nitrogens with zero attached hydrogens (tertiary/aromatic N) is 2. The SMILES string of the molecule is CC(=O)NCC(=O)Nc1nc(C)c(-c2ccncc2)s1. The number of anilines is 1. The van der Waals surface area contributed by atoms with Gasteiger partial charge < -0.3 is 10.6 Å². The third-order valence-corrected chi connectivity index (χ3v) is 3.61. The molecule has 0 aliphatic heterocycles. The maximum absolute atomic E-state index is 11.6. The lowest BCUT2D eigenvalue weighted by molar-refractivity contribution is -0.122. The molecular weight excluding hydrogens is 276 g/mol. The van der Waals surface area contributed by atoms with Gasteiger partial charge in [0.05, 0.1) is 17.1 Å². The van der Waals surface area contributed by atoms with E-state index in [9.17, 15) is 9.59 Å². The zero-order valence-corrected chi connectivity index (χ0v) is 12.0. The van der Waals surface area contributed by atoms with E-state index >= 15 is 0 Å². The van der Waals surface area contributed by atoms with Crippen LogP contribution in [0.25, 0.3) is 10.4 Å². The Kier molecular flexibility index (Phi) is 4.41. The van der Waals surface area contributed by atoms with Gasteiger partial charge >= 0.3 is 0 Å². The number of hydrogen-bond acceptors (Lipinski definition) is 5. The summed E-state index contributed by atoms with van der Waals surface area (Å²) in [5.41, 5.74) is 1.85. The van der Waals surface area contributed by atoms with Crippen LogP contribution in [0.5, 0.6) is 0 Å². The summed E-state index contributed by atoms with van der Waals surface area (Å²) in [4.78, 5) is 31.6. The van der Waals surface area contributed by atoms with Gasteiger partial charge in [-0.2, -0.15) is 0 Å². The molecule has 0 fully saturated rings. The minimum absolute atomic E-state index is 0.0570. The minimum Gasteiger partial charge on any atom is -0.347 e. The van der Waals surface area contributed by atoms with Gasteiger partial charge in [0, 0.05) is 19.3 Å². The van der Waals surface area contributed by atoms with Gasteiger partial charge in [-0.25, -0.2) is 4.98 Å². The third kappa shape index (κ3) is 3.61. The first kappa shape index (κ1) is 14.1. The molecule has 0 saturated carbocycles. The van der Waals surface area contributed by atoms with Crippen LogP contribution in [0.4, 0.5) is 5.13 Å². The Balaban J connectivity index is 2.08. The third-order valence-electron chi connectivity index (χ3n) is 2.48. The fourth-order valence-electron chi connectivity index (χ4n) is 1.59. The van der Waals surface area contributed by atoms with Crippen LogP contribution >= 0.6 is 11.3 Å². The summed E-state index contributed by atoms with van der Waals surface area (Å²) in [6, 6.07) is 3.78. The topological polar surface area (TPSA) is 84.0 Å². The van der Waals surface area contributed by atoms with Gasteiger partial charge in [-0.1, -0.05) is 11.3 Å². The summed E-state index contributed by atoms with van der Waals surface area (Å²) in [7, 11) is 0. The highest BCUT2D eigenvalue weighted by Crippen LogP contribution is 2.32. The van der Waals surface area contributed by atoms with E-state index in [-0.39, 0.29) is 18.4 Å². The van der Waals surface area contributed by atoms with Crippen LogP contribution in [0.1, 0.15) is 12.6 Å². The van der Waals surface area contributed by atoms with Gasteiger partial charge in [0.25, 0.3) is 0 Å². The minimum atomic E-state index is -0.296. The van der Waals surface area contributed by atoms with Crippen LogP contribution < -0.4 is 10.6 Å². The van der Waals surface area contributed by atoms with Gasteiger partial charge in [-0.05, 0) is 24.6 Å². The maximum atomic E-state index is 11.6. The average Bonchev–Trinajstić information content (AvgIpc) is 2.78. The predicted molar refractivity (Wildman–Crippen MR) is 77.4 cm³/mol. The fourth-order valence-corrected chi connectivity index (χ4v) is 2.58. The van der Waals surface area contributed by atoms with Crippen LogP contribution in [-0.2, 0) is 9.59 Å². The number of aromatic nitrogens is 2. The molecule has 0 bridgehead atoms. The molecule has 2 N–H and O–H groups in total. The van der Waals surface area contributed by atoms with Gasteiger partial charge in [-0.3, -0.25) is 14.6 Å². The van der Waals surface area contributed by atoms with Crippen LogP contribution in [0.3, 0.4) is 0 Å². The highest BCUT2D eigenvalue weighted by atomic mass is 32.1. The molecule has 20 heavy (non-hydrogen) atoms. The van der Waals surface area contributed by atoms with E-state index in [2.05, 4.69) is 20.6 Å². The number of nitrogens with one attached hydrogen (secondary N) is 2. The smallest absolute Gasteiger partial charge is 0.245 e. The van der Waals surface area contributed by atoms with E-state index in [0.29, 0.717) is 5.13 Å². The predicted octanol–water partition coefficient (Wildman–Crippen LogP) is 1.59. The molecule has 0 spiro atoms. The van der Waals surface area contributed by atoms with Crippen molar-refractivity contribution in [1.82, 2.24) is 15.3 Å². The lowest BCUT2D eigenvalue weighted by atomic mass is 10.2. The number of aryl methyl sites for hydroxylation is 1. The van der Waals surface area contributed by atoms with Crippen LogP contribution in [0.2, 0.25) is 0 Å². The first-order chi connectivity index (χ1) is 9.56. The van der Waals surface area contributed by atoms with E-state index in [1.807, 2.05) is 19.1 Å². The molecule has 2 aromatic heterocycles. The van der Waals surface area contributed by atoms with Crippen molar-refractivity contribution in [1.29, 1.82) is 0 Å². The number of amides is 2. The molecule has 2 rings (SSSR count). The van der Waals surface area contributed by atoms with E-state index < -0.39 is 0 Å². The summed E-state index contributed by atoms with van der Waals surface area (Å²) in [5.74, 6) is -0.539. The monoisotopic (exact) mass is 290 g/mol. The second-order valence-corrected chi connectivity index (χ2v) is 5.13. The number of carbonyl (C=O) groups is 2. The largest absolute Gasteiger partial charge is 0.347 e. The van der Waals surface area contributed by atoms with Crippen molar-refractivity contribution in [3.63, 3.8) is 0 Å². The highest BCUT2D eigenvalue weighted by Gasteiger charge is 2.11. The maximum Gasteiger partial charge on any atom is 0.245 e. The molecule has 0 unspecified atom stereocenters. The molecule has 0 atom stereocenters. The Morgan fingerprint density at radius 2 is 2.00 bits per heavy atom. The molecule has 7 heteroatoms. The summed E-state index contributed by atoms with van der Waals surface area (Å²) in [6.45, 7) is 3.19. The summed E-state index contributed by atoms with van der Waals surface area (Å²) in [6.07, 6.45) is 3.42. The van der Waals surface area contributed by atoms with Gasteiger partial charge in [-0.15, -0.1) is 0 Å². The number of pyridine rings is 1. The van der Waals surface area contributed by atoms with Crippen LogP contribution in [-0.4, -0.2) is 28.3 Å². The zero-order valence-electron chi connectivity index (χ0n) is 11.1. The van der Waals surface area contributed by atoms with E-state index in [1.54, 1.807) is 12.4 Å². The van der Waals surface area contributed by atoms with Crippen molar-refractivity contribution in [2.75, 3.05) is 11.9 Å². The first-order valence-electron chi connectivity index (χ1n) is 5.98. The summed E-state index contributed by atoms with van der Waals surface area (Å²) >= 11 is 1.39. The highest BCUT2D eigenvalue weighted by molar-refractivity contribution is 7.19.